The summed E-state index contributed by atoms with van der Waals surface area (Å²) >= 11 is 7.70. The van der Waals surface area contributed by atoms with Gasteiger partial charge in [-0.15, -0.1) is 0 Å². The van der Waals surface area contributed by atoms with Crippen molar-refractivity contribution in [2.75, 3.05) is 6.26 Å². The molecular formula is C12H15ClN2OS. The van der Waals surface area contributed by atoms with Crippen molar-refractivity contribution in [2.24, 2.45) is 0 Å². The van der Waals surface area contributed by atoms with Gasteiger partial charge in [-0.05, 0) is 37.7 Å². The highest BCUT2D eigenvalue weighted by Crippen LogP contribution is 2.28. The van der Waals surface area contributed by atoms with E-state index in [1.54, 1.807) is 18.3 Å². The van der Waals surface area contributed by atoms with Gasteiger partial charge in [-0.1, -0.05) is 11.6 Å². The van der Waals surface area contributed by atoms with E-state index in [0.717, 1.165) is 12.8 Å². The zero-order valence-corrected chi connectivity index (χ0v) is 11.2. The summed E-state index contributed by atoms with van der Waals surface area (Å²) in [5.74, 6) is -0.126. The summed E-state index contributed by atoms with van der Waals surface area (Å²) in [4.78, 5) is 15.9. The molecule has 2 rings (SSSR count). The fraction of sp³-hybridized carbons (Fsp3) is 0.500. The first-order valence-corrected chi connectivity index (χ1v) is 7.31. The van der Waals surface area contributed by atoms with Crippen LogP contribution in [0.5, 0.6) is 0 Å². The lowest BCUT2D eigenvalue weighted by molar-refractivity contribution is 0.0933. The summed E-state index contributed by atoms with van der Waals surface area (Å²) in [7, 11) is 0. The predicted octanol–water partition coefficient (Wildman–Crippen LogP) is 2.75. The third-order valence-electron chi connectivity index (χ3n) is 3.01. The third-order valence-corrected chi connectivity index (χ3v) is 4.34. The number of pyridine rings is 1. The molecule has 0 saturated heterocycles. The first-order valence-electron chi connectivity index (χ1n) is 5.64. The lowest BCUT2D eigenvalue weighted by atomic mass is 10.2. The molecule has 1 aliphatic rings. The standard InChI is InChI=1S/C12H15ClN2OS/c1-17-10-3-2-9(7-10)15-12(16)11-6-8(13)4-5-14-11/h4-6,9-10H,2-3,7H2,1H3,(H,15,16). The average molecular weight is 271 g/mol. The number of carbonyl (C=O) groups is 1. The lowest BCUT2D eigenvalue weighted by Gasteiger charge is -2.12. The van der Waals surface area contributed by atoms with Gasteiger partial charge in [-0.2, -0.15) is 11.8 Å². The number of aromatic nitrogens is 1. The number of nitrogens with one attached hydrogen (secondary N) is 1. The molecule has 0 aromatic carbocycles. The van der Waals surface area contributed by atoms with E-state index in [0.29, 0.717) is 16.0 Å². The zero-order valence-electron chi connectivity index (χ0n) is 9.65. The van der Waals surface area contributed by atoms with Gasteiger partial charge in [0, 0.05) is 22.5 Å². The zero-order chi connectivity index (χ0) is 12.3. The minimum atomic E-state index is -0.126. The Balaban J connectivity index is 1.94. The number of rotatable bonds is 3. The highest BCUT2D eigenvalue weighted by Gasteiger charge is 2.25. The number of thioether (sulfide) groups is 1. The van der Waals surface area contributed by atoms with Crippen molar-refractivity contribution in [3.63, 3.8) is 0 Å². The predicted molar refractivity (Wildman–Crippen MR) is 71.7 cm³/mol. The molecule has 2 unspecified atom stereocenters. The SMILES string of the molecule is CSC1CCC(NC(=O)c2cc(Cl)ccn2)C1. The molecule has 2 atom stereocenters. The van der Waals surface area contributed by atoms with Crippen molar-refractivity contribution in [1.29, 1.82) is 0 Å². The number of carbonyl (C=O) groups excluding carboxylic acids is 1. The van der Waals surface area contributed by atoms with Gasteiger partial charge in [0.15, 0.2) is 0 Å². The molecule has 0 radical (unpaired) electrons. The van der Waals surface area contributed by atoms with Crippen LogP contribution in [0.2, 0.25) is 5.02 Å². The normalized spacial score (nSPS) is 23.6. The molecule has 92 valence electrons. The van der Waals surface area contributed by atoms with Crippen LogP contribution in [0.4, 0.5) is 0 Å². The Morgan fingerprint density at radius 2 is 2.41 bits per heavy atom. The summed E-state index contributed by atoms with van der Waals surface area (Å²) in [6.45, 7) is 0. The lowest BCUT2D eigenvalue weighted by Crippen LogP contribution is -2.33. The fourth-order valence-corrected chi connectivity index (χ4v) is 3.03. The average Bonchev–Trinajstić information content (AvgIpc) is 2.77. The Bertz CT molecular complexity index is 413. The van der Waals surface area contributed by atoms with Crippen LogP contribution >= 0.6 is 23.4 Å². The Hall–Kier alpha value is -0.740. The summed E-state index contributed by atoms with van der Waals surface area (Å²) in [6, 6.07) is 3.54. The highest BCUT2D eigenvalue weighted by molar-refractivity contribution is 7.99. The van der Waals surface area contributed by atoms with Crippen molar-refractivity contribution < 1.29 is 4.79 Å². The maximum atomic E-state index is 11.9. The summed E-state index contributed by atoms with van der Waals surface area (Å²) in [5.41, 5.74) is 0.394. The van der Waals surface area contributed by atoms with Gasteiger partial charge in [0.05, 0.1) is 0 Å². The fourth-order valence-electron chi connectivity index (χ4n) is 2.07. The van der Waals surface area contributed by atoms with Crippen LogP contribution in [0, 0.1) is 0 Å². The second-order valence-corrected chi connectivity index (χ2v) is 5.77. The molecule has 1 amide bonds. The quantitative estimate of drug-likeness (QED) is 0.918. The molecular weight excluding hydrogens is 256 g/mol. The Morgan fingerprint density at radius 3 is 3.06 bits per heavy atom. The van der Waals surface area contributed by atoms with Crippen molar-refractivity contribution in [3.8, 4) is 0 Å². The second kappa shape index (κ2) is 5.74. The first kappa shape index (κ1) is 12.7. The van der Waals surface area contributed by atoms with E-state index in [9.17, 15) is 4.79 Å². The van der Waals surface area contributed by atoms with E-state index >= 15 is 0 Å². The van der Waals surface area contributed by atoms with Crippen LogP contribution in [0.1, 0.15) is 29.8 Å². The van der Waals surface area contributed by atoms with Crippen LogP contribution in [0.3, 0.4) is 0 Å². The Morgan fingerprint density at radius 1 is 1.59 bits per heavy atom. The van der Waals surface area contributed by atoms with Gasteiger partial charge in [0.25, 0.3) is 5.91 Å². The van der Waals surface area contributed by atoms with Gasteiger partial charge in [-0.25, -0.2) is 0 Å². The molecule has 1 N–H and O–H groups in total. The Labute approximate surface area is 110 Å². The number of hydrogen-bond acceptors (Lipinski definition) is 3. The molecule has 17 heavy (non-hydrogen) atoms. The number of nitrogens with zero attached hydrogens (tertiary/aromatic N) is 1. The number of hydrogen-bond donors (Lipinski definition) is 1. The van der Waals surface area contributed by atoms with Crippen molar-refractivity contribution in [2.45, 2.75) is 30.6 Å². The van der Waals surface area contributed by atoms with Crippen molar-refractivity contribution in [1.82, 2.24) is 10.3 Å². The molecule has 3 nitrogen and oxygen atoms in total. The monoisotopic (exact) mass is 270 g/mol. The molecule has 1 fully saturated rings. The van der Waals surface area contributed by atoms with E-state index in [4.69, 9.17) is 11.6 Å². The molecule has 5 heteroatoms. The Kier molecular flexibility index (Phi) is 4.29. The minimum absolute atomic E-state index is 0.126. The van der Waals surface area contributed by atoms with E-state index in [1.807, 2.05) is 11.8 Å². The molecule has 1 aromatic rings. The van der Waals surface area contributed by atoms with Crippen molar-refractivity contribution >= 4 is 29.3 Å². The summed E-state index contributed by atoms with van der Waals surface area (Å²) in [5, 5.41) is 4.23. The van der Waals surface area contributed by atoms with Crippen LogP contribution in [-0.4, -0.2) is 28.4 Å². The van der Waals surface area contributed by atoms with Crippen LogP contribution in [0.15, 0.2) is 18.3 Å². The largest absolute Gasteiger partial charge is 0.348 e. The third kappa shape index (κ3) is 3.36. The molecule has 1 aliphatic carbocycles. The van der Waals surface area contributed by atoms with Gasteiger partial charge in [0.2, 0.25) is 0 Å². The van der Waals surface area contributed by atoms with E-state index < -0.39 is 0 Å². The van der Waals surface area contributed by atoms with Crippen LogP contribution in [-0.2, 0) is 0 Å². The smallest absolute Gasteiger partial charge is 0.270 e. The molecule has 0 aliphatic heterocycles. The summed E-state index contributed by atoms with van der Waals surface area (Å²) < 4.78 is 0. The molecule has 0 spiro atoms. The maximum absolute atomic E-state index is 11.9. The van der Waals surface area contributed by atoms with E-state index in [2.05, 4.69) is 16.6 Å². The van der Waals surface area contributed by atoms with Crippen molar-refractivity contribution in [3.05, 3.63) is 29.0 Å². The van der Waals surface area contributed by atoms with Crippen LogP contribution < -0.4 is 5.32 Å². The van der Waals surface area contributed by atoms with Gasteiger partial charge < -0.3 is 5.32 Å². The minimum Gasteiger partial charge on any atom is -0.348 e. The second-order valence-electron chi connectivity index (χ2n) is 4.20. The molecule has 0 bridgehead atoms. The topological polar surface area (TPSA) is 42.0 Å². The van der Waals surface area contributed by atoms with Crippen LogP contribution in [0.25, 0.3) is 0 Å². The molecule has 1 heterocycles. The van der Waals surface area contributed by atoms with Gasteiger partial charge in [0.1, 0.15) is 5.69 Å². The maximum Gasteiger partial charge on any atom is 0.270 e. The number of halogens is 1. The van der Waals surface area contributed by atoms with E-state index in [-0.39, 0.29) is 11.9 Å². The molecule has 1 saturated carbocycles. The highest BCUT2D eigenvalue weighted by atomic mass is 35.5. The van der Waals surface area contributed by atoms with Gasteiger partial charge in [-0.3, -0.25) is 9.78 Å². The summed E-state index contributed by atoms with van der Waals surface area (Å²) in [6.07, 6.45) is 6.95. The van der Waals surface area contributed by atoms with Gasteiger partial charge >= 0.3 is 0 Å². The first-order chi connectivity index (χ1) is 8.19. The number of amides is 1. The van der Waals surface area contributed by atoms with E-state index in [1.165, 1.54) is 6.42 Å². The molecule has 1 aromatic heterocycles.